The van der Waals surface area contributed by atoms with Gasteiger partial charge < -0.3 is 4.74 Å². The summed E-state index contributed by atoms with van der Waals surface area (Å²) in [5.41, 5.74) is -0.180. The van der Waals surface area contributed by atoms with Crippen molar-refractivity contribution in [3.63, 3.8) is 0 Å². The molecule has 24 heavy (non-hydrogen) atoms. The van der Waals surface area contributed by atoms with Crippen LogP contribution in [0, 0.1) is 10.1 Å². The quantitative estimate of drug-likeness (QED) is 0.430. The van der Waals surface area contributed by atoms with Crippen LogP contribution < -0.4 is 4.47 Å². The minimum absolute atomic E-state index is 0.0215. The van der Waals surface area contributed by atoms with Crippen LogP contribution in [0.15, 0.2) is 59.5 Å². The fourth-order valence-corrected chi connectivity index (χ4v) is 3.29. The first kappa shape index (κ1) is 16.4. The highest BCUT2D eigenvalue weighted by Crippen LogP contribution is 2.28. The SMILES string of the molecule is O=[N+]([O-])c1cccc(N(OCC2CO2)S(=O)(=O)c2ccccc2)c1. The van der Waals surface area contributed by atoms with Crippen molar-refractivity contribution >= 4 is 21.4 Å². The number of hydrogen-bond donors (Lipinski definition) is 0. The predicted octanol–water partition coefficient (Wildman–Crippen LogP) is 2.12. The molecule has 3 rings (SSSR count). The van der Waals surface area contributed by atoms with Crippen molar-refractivity contribution in [1.29, 1.82) is 0 Å². The number of non-ortho nitro benzene ring substituents is 1. The zero-order valence-electron chi connectivity index (χ0n) is 12.4. The first-order valence-corrected chi connectivity index (χ1v) is 8.52. The molecule has 1 aliphatic rings. The Morgan fingerprint density at radius 1 is 1.21 bits per heavy atom. The van der Waals surface area contributed by atoms with E-state index in [0.29, 0.717) is 11.1 Å². The van der Waals surface area contributed by atoms with Gasteiger partial charge in [0.2, 0.25) is 0 Å². The van der Waals surface area contributed by atoms with Crippen LogP contribution in [0.4, 0.5) is 11.4 Å². The van der Waals surface area contributed by atoms with Gasteiger partial charge in [0.05, 0.1) is 22.1 Å². The van der Waals surface area contributed by atoms with E-state index in [9.17, 15) is 18.5 Å². The molecule has 8 nitrogen and oxygen atoms in total. The zero-order valence-corrected chi connectivity index (χ0v) is 13.3. The molecule has 0 amide bonds. The molecule has 1 fully saturated rings. The summed E-state index contributed by atoms with van der Waals surface area (Å²) in [6.45, 7) is 0.531. The lowest BCUT2D eigenvalue weighted by Gasteiger charge is -2.23. The Morgan fingerprint density at radius 2 is 1.92 bits per heavy atom. The largest absolute Gasteiger partial charge is 0.371 e. The summed E-state index contributed by atoms with van der Waals surface area (Å²) >= 11 is 0. The van der Waals surface area contributed by atoms with Crippen molar-refractivity contribution in [2.45, 2.75) is 11.0 Å². The minimum atomic E-state index is -4.03. The summed E-state index contributed by atoms with van der Waals surface area (Å²) in [5, 5.41) is 10.9. The van der Waals surface area contributed by atoms with Gasteiger partial charge in [-0.25, -0.2) is 0 Å². The highest BCUT2D eigenvalue weighted by molar-refractivity contribution is 7.92. The third-order valence-electron chi connectivity index (χ3n) is 3.29. The third kappa shape index (κ3) is 3.53. The number of hydrogen-bond acceptors (Lipinski definition) is 6. The smallest absolute Gasteiger partial charge is 0.286 e. The van der Waals surface area contributed by atoms with Crippen molar-refractivity contribution in [2.75, 3.05) is 17.7 Å². The molecule has 0 radical (unpaired) electrons. The number of nitrogens with zero attached hydrogens (tertiary/aromatic N) is 2. The first-order chi connectivity index (χ1) is 11.5. The van der Waals surface area contributed by atoms with Crippen molar-refractivity contribution in [3.8, 4) is 0 Å². The maximum Gasteiger partial charge on any atom is 0.286 e. The molecular weight excluding hydrogens is 336 g/mol. The maximum absolute atomic E-state index is 12.8. The predicted molar refractivity (Wildman–Crippen MR) is 84.9 cm³/mol. The molecular formula is C15H14N2O6S. The van der Waals surface area contributed by atoms with Gasteiger partial charge in [-0.3, -0.25) is 15.0 Å². The van der Waals surface area contributed by atoms with Crippen LogP contribution in [0.3, 0.4) is 0 Å². The average molecular weight is 350 g/mol. The van der Waals surface area contributed by atoms with Gasteiger partial charge in [-0.15, -0.1) is 4.47 Å². The van der Waals surface area contributed by atoms with Crippen molar-refractivity contribution < 1.29 is 22.9 Å². The van der Waals surface area contributed by atoms with E-state index in [0.717, 1.165) is 6.07 Å². The molecule has 2 aromatic rings. The molecule has 0 spiro atoms. The Morgan fingerprint density at radius 3 is 2.54 bits per heavy atom. The second-order valence-corrected chi connectivity index (χ2v) is 6.83. The van der Waals surface area contributed by atoms with Crippen LogP contribution in [0.5, 0.6) is 0 Å². The number of benzene rings is 2. The van der Waals surface area contributed by atoms with E-state index in [1.54, 1.807) is 18.2 Å². The van der Waals surface area contributed by atoms with E-state index in [-0.39, 0.29) is 29.0 Å². The van der Waals surface area contributed by atoms with Crippen LogP contribution in [0.25, 0.3) is 0 Å². The molecule has 1 aliphatic heterocycles. The highest BCUT2D eigenvalue weighted by Gasteiger charge is 2.31. The topological polar surface area (TPSA) is 102 Å². The van der Waals surface area contributed by atoms with Gasteiger partial charge in [0.25, 0.3) is 15.7 Å². The second kappa shape index (κ2) is 6.56. The van der Waals surface area contributed by atoms with E-state index in [1.807, 2.05) is 0 Å². The summed E-state index contributed by atoms with van der Waals surface area (Å²) in [4.78, 5) is 15.8. The maximum atomic E-state index is 12.8. The minimum Gasteiger partial charge on any atom is -0.371 e. The zero-order chi connectivity index (χ0) is 17.2. The first-order valence-electron chi connectivity index (χ1n) is 7.08. The Labute approximate surface area is 138 Å². The molecule has 0 aromatic heterocycles. The fourth-order valence-electron chi connectivity index (χ4n) is 2.01. The molecule has 0 N–H and O–H groups in total. The van der Waals surface area contributed by atoms with Gasteiger partial charge in [-0.1, -0.05) is 24.3 Å². The van der Waals surface area contributed by atoms with Crippen LogP contribution in [-0.4, -0.2) is 32.7 Å². The van der Waals surface area contributed by atoms with Gasteiger partial charge in [0, 0.05) is 12.1 Å². The molecule has 1 atom stereocenters. The van der Waals surface area contributed by atoms with E-state index >= 15 is 0 Å². The van der Waals surface area contributed by atoms with Gasteiger partial charge in [0.1, 0.15) is 12.7 Å². The van der Waals surface area contributed by atoms with E-state index in [4.69, 9.17) is 9.57 Å². The molecule has 1 saturated heterocycles. The Hall–Kier alpha value is -2.49. The lowest BCUT2D eigenvalue weighted by molar-refractivity contribution is -0.384. The highest BCUT2D eigenvalue weighted by atomic mass is 32.2. The number of nitro benzene ring substituents is 1. The number of epoxide rings is 1. The van der Waals surface area contributed by atoms with Crippen molar-refractivity contribution in [2.24, 2.45) is 0 Å². The molecule has 0 saturated carbocycles. The van der Waals surface area contributed by atoms with E-state index < -0.39 is 14.9 Å². The van der Waals surface area contributed by atoms with E-state index in [2.05, 4.69) is 0 Å². The van der Waals surface area contributed by atoms with Gasteiger partial charge >= 0.3 is 0 Å². The molecule has 126 valence electrons. The number of nitro groups is 1. The number of ether oxygens (including phenoxy) is 1. The van der Waals surface area contributed by atoms with Crippen LogP contribution >= 0.6 is 0 Å². The number of rotatable bonds is 7. The molecule has 0 aliphatic carbocycles. The molecule has 1 heterocycles. The average Bonchev–Trinajstić information content (AvgIpc) is 3.40. The van der Waals surface area contributed by atoms with E-state index in [1.165, 1.54) is 30.3 Å². The molecule has 0 bridgehead atoms. The summed E-state index contributed by atoms with van der Waals surface area (Å²) in [5.74, 6) is 0. The van der Waals surface area contributed by atoms with Crippen LogP contribution in [-0.2, 0) is 19.6 Å². The van der Waals surface area contributed by atoms with Crippen molar-refractivity contribution in [3.05, 3.63) is 64.7 Å². The third-order valence-corrected chi connectivity index (χ3v) is 4.91. The van der Waals surface area contributed by atoms with Gasteiger partial charge in [-0.2, -0.15) is 8.42 Å². The second-order valence-electron chi connectivity index (χ2n) is 5.07. The lowest BCUT2D eigenvalue weighted by Crippen LogP contribution is -2.32. The Balaban J connectivity index is 1.99. The Bertz CT molecular complexity index is 836. The number of anilines is 1. The summed E-state index contributed by atoms with van der Waals surface area (Å²) in [7, 11) is -4.03. The molecule has 2 aromatic carbocycles. The summed E-state index contributed by atoms with van der Waals surface area (Å²) in [6, 6.07) is 13.0. The van der Waals surface area contributed by atoms with Crippen LogP contribution in [0.2, 0.25) is 0 Å². The fraction of sp³-hybridized carbons (Fsp3) is 0.200. The monoisotopic (exact) mass is 350 g/mol. The lowest BCUT2D eigenvalue weighted by atomic mass is 10.3. The molecule has 9 heteroatoms. The standard InChI is InChI=1S/C15H14N2O6S/c18-16(19)12-5-4-6-13(9-12)17(23-11-14-10-22-14)24(20,21)15-7-2-1-3-8-15/h1-9,14H,10-11H2. The van der Waals surface area contributed by atoms with Gasteiger partial charge in [0.15, 0.2) is 0 Å². The Kier molecular flexibility index (Phi) is 4.47. The normalized spacial score (nSPS) is 16.6. The summed E-state index contributed by atoms with van der Waals surface area (Å²) < 4.78 is 31.4. The molecule has 1 unspecified atom stereocenters. The van der Waals surface area contributed by atoms with Crippen LogP contribution in [0.1, 0.15) is 0 Å². The van der Waals surface area contributed by atoms with Crippen molar-refractivity contribution in [1.82, 2.24) is 0 Å². The summed E-state index contributed by atoms with van der Waals surface area (Å²) in [6.07, 6.45) is -0.169. The van der Waals surface area contributed by atoms with Gasteiger partial charge in [-0.05, 0) is 18.2 Å². The number of sulfonamides is 1.